The number of hydrogen-bond donors (Lipinski definition) is 2. The first-order chi connectivity index (χ1) is 5.77. The summed E-state index contributed by atoms with van der Waals surface area (Å²) in [5.74, 6) is -0.122. The molecule has 0 aromatic rings. The summed E-state index contributed by atoms with van der Waals surface area (Å²) in [7, 11) is 3.14. The topological polar surface area (TPSA) is 94.9 Å². The molecule has 0 saturated carbocycles. The van der Waals surface area contributed by atoms with E-state index in [9.17, 15) is 4.79 Å². The van der Waals surface area contributed by atoms with Crippen molar-refractivity contribution in [3.05, 3.63) is 0 Å². The lowest BCUT2D eigenvalue weighted by molar-refractivity contribution is 0.225. The predicted octanol–water partition coefficient (Wildman–Crippen LogP) is 0.835. The Hall–Kier alpha value is -1.46. The second-order valence-electron chi connectivity index (χ2n) is 3.35. The zero-order valence-electron chi connectivity index (χ0n) is 8.33. The number of amides is 2. The molecule has 13 heavy (non-hydrogen) atoms. The molecular weight excluding hydrogens is 170 g/mol. The number of carbonyl (C=O) groups excluding carboxylic acids is 1. The minimum absolute atomic E-state index is 0.122. The van der Waals surface area contributed by atoms with Gasteiger partial charge in [0.25, 0.3) is 0 Å². The Morgan fingerprint density at radius 2 is 1.92 bits per heavy atom. The van der Waals surface area contributed by atoms with Gasteiger partial charge in [-0.15, -0.1) is 0 Å². The Morgan fingerprint density at radius 3 is 2.23 bits per heavy atom. The average Bonchev–Trinajstić information content (AvgIpc) is 1.99. The Kier molecular flexibility index (Phi) is 3.53. The van der Waals surface area contributed by atoms with Gasteiger partial charge in [0, 0.05) is 14.1 Å². The highest BCUT2D eigenvalue weighted by molar-refractivity contribution is 5.86. The van der Waals surface area contributed by atoms with Crippen molar-refractivity contribution in [2.45, 2.75) is 19.4 Å². The average molecular weight is 185 g/mol. The van der Waals surface area contributed by atoms with Crippen LogP contribution >= 0.6 is 0 Å². The van der Waals surface area contributed by atoms with Crippen LogP contribution < -0.4 is 5.73 Å². The van der Waals surface area contributed by atoms with E-state index < -0.39 is 11.6 Å². The lowest BCUT2D eigenvalue weighted by Crippen LogP contribution is -2.35. The minimum Gasteiger partial charge on any atom is -0.386 e. The molecule has 0 unspecified atom stereocenters. The number of amidine groups is 1. The lowest BCUT2D eigenvalue weighted by atomic mass is 10.1. The van der Waals surface area contributed by atoms with Crippen LogP contribution in [0.1, 0.15) is 13.8 Å². The third-order valence-electron chi connectivity index (χ3n) is 1.43. The van der Waals surface area contributed by atoms with E-state index >= 15 is 0 Å². The van der Waals surface area contributed by atoms with Gasteiger partial charge >= 0.3 is 6.03 Å². The van der Waals surface area contributed by atoms with Gasteiger partial charge in [-0.2, -0.15) is 5.11 Å². The molecular formula is C7H15N5O. The number of nitrogens with zero attached hydrogens (tertiary/aromatic N) is 3. The molecule has 0 saturated heterocycles. The summed E-state index contributed by atoms with van der Waals surface area (Å²) in [6.45, 7) is 3.23. The highest BCUT2D eigenvalue weighted by atomic mass is 16.2. The molecule has 0 atom stereocenters. The summed E-state index contributed by atoms with van der Waals surface area (Å²) in [4.78, 5) is 12.3. The molecule has 3 N–H and O–H groups in total. The van der Waals surface area contributed by atoms with Crippen LogP contribution in [0.5, 0.6) is 0 Å². The number of nitrogens with two attached hydrogens (primary N) is 1. The van der Waals surface area contributed by atoms with Gasteiger partial charge in [0.05, 0.1) is 0 Å². The van der Waals surface area contributed by atoms with Crippen molar-refractivity contribution in [2.75, 3.05) is 14.1 Å². The highest BCUT2D eigenvalue weighted by Crippen LogP contribution is 2.08. The minimum atomic E-state index is -0.911. The summed E-state index contributed by atoms with van der Waals surface area (Å²) < 4.78 is 0. The summed E-state index contributed by atoms with van der Waals surface area (Å²) in [5.41, 5.74) is 4.33. The molecule has 0 bridgehead atoms. The van der Waals surface area contributed by atoms with Gasteiger partial charge in [-0.1, -0.05) is 5.11 Å². The van der Waals surface area contributed by atoms with E-state index in [0.29, 0.717) is 0 Å². The Balaban J connectivity index is 4.43. The fraction of sp³-hybridized carbons (Fsp3) is 0.714. The predicted molar refractivity (Wildman–Crippen MR) is 49.9 cm³/mol. The number of nitrogens with one attached hydrogen (secondary N) is 1. The SMILES string of the molecule is CN(C)C(=O)N=NC(C)(C)C(=N)N. The van der Waals surface area contributed by atoms with Crippen LogP contribution in [0, 0.1) is 5.41 Å². The fourth-order valence-corrected chi connectivity index (χ4v) is 0.311. The molecule has 0 aliphatic rings. The van der Waals surface area contributed by atoms with E-state index in [1.54, 1.807) is 27.9 Å². The van der Waals surface area contributed by atoms with E-state index in [1.807, 2.05) is 0 Å². The van der Waals surface area contributed by atoms with Crippen molar-refractivity contribution in [1.29, 1.82) is 5.41 Å². The smallest absolute Gasteiger partial charge is 0.361 e. The molecule has 0 aromatic heterocycles. The fourth-order valence-electron chi connectivity index (χ4n) is 0.311. The van der Waals surface area contributed by atoms with E-state index in [2.05, 4.69) is 10.2 Å². The molecule has 0 radical (unpaired) electrons. The Labute approximate surface area is 77.3 Å². The van der Waals surface area contributed by atoms with Gasteiger partial charge < -0.3 is 10.6 Å². The zero-order chi connectivity index (χ0) is 10.6. The summed E-state index contributed by atoms with van der Waals surface area (Å²) >= 11 is 0. The second kappa shape index (κ2) is 3.97. The maximum atomic E-state index is 11.0. The van der Waals surface area contributed by atoms with E-state index in [0.717, 1.165) is 0 Å². The number of hydrogen-bond acceptors (Lipinski definition) is 3. The summed E-state index contributed by atoms with van der Waals surface area (Å²) in [6, 6.07) is -0.464. The first-order valence-electron chi connectivity index (χ1n) is 3.76. The van der Waals surface area contributed by atoms with Crippen LogP contribution in [0.3, 0.4) is 0 Å². The maximum Gasteiger partial charge on any atom is 0.361 e. The molecule has 0 aliphatic heterocycles. The molecule has 0 aromatic carbocycles. The quantitative estimate of drug-likeness (QED) is 0.378. The van der Waals surface area contributed by atoms with Crippen LogP contribution in [-0.4, -0.2) is 36.4 Å². The molecule has 0 rings (SSSR count). The van der Waals surface area contributed by atoms with Crippen molar-refractivity contribution in [2.24, 2.45) is 16.0 Å². The molecule has 6 nitrogen and oxygen atoms in total. The normalized spacial score (nSPS) is 11.7. The molecule has 0 heterocycles. The van der Waals surface area contributed by atoms with Crippen LogP contribution in [0.15, 0.2) is 10.2 Å². The first-order valence-corrected chi connectivity index (χ1v) is 3.76. The van der Waals surface area contributed by atoms with Gasteiger partial charge in [-0.05, 0) is 13.8 Å². The number of urea groups is 1. The monoisotopic (exact) mass is 185 g/mol. The maximum absolute atomic E-state index is 11.0. The Bertz CT molecular complexity index is 243. The van der Waals surface area contributed by atoms with Crippen molar-refractivity contribution >= 4 is 11.9 Å². The van der Waals surface area contributed by atoms with Crippen molar-refractivity contribution < 1.29 is 4.79 Å². The molecule has 74 valence electrons. The third kappa shape index (κ3) is 3.64. The van der Waals surface area contributed by atoms with Crippen molar-refractivity contribution in [1.82, 2.24) is 4.90 Å². The van der Waals surface area contributed by atoms with Crippen molar-refractivity contribution in [3.8, 4) is 0 Å². The molecule has 0 aliphatic carbocycles. The summed E-state index contributed by atoms with van der Waals surface area (Å²) in [6.07, 6.45) is 0. The molecule has 0 spiro atoms. The van der Waals surface area contributed by atoms with Gasteiger partial charge in [0.15, 0.2) is 0 Å². The Morgan fingerprint density at radius 1 is 1.46 bits per heavy atom. The summed E-state index contributed by atoms with van der Waals surface area (Å²) in [5, 5.41) is 14.2. The molecule has 6 heteroatoms. The van der Waals surface area contributed by atoms with E-state index in [-0.39, 0.29) is 5.84 Å². The number of carbonyl (C=O) groups is 1. The standard InChI is InChI=1S/C7H15N5O/c1-7(2,5(8)9)11-10-6(13)12(3)4/h1-4H3,(H3,8,9). The van der Waals surface area contributed by atoms with Gasteiger partial charge in [0.2, 0.25) is 0 Å². The highest BCUT2D eigenvalue weighted by Gasteiger charge is 2.21. The van der Waals surface area contributed by atoms with Crippen LogP contribution in [0.25, 0.3) is 0 Å². The number of rotatable bonds is 2. The van der Waals surface area contributed by atoms with E-state index in [1.165, 1.54) is 4.90 Å². The molecule has 2 amide bonds. The van der Waals surface area contributed by atoms with Gasteiger partial charge in [0.1, 0.15) is 11.4 Å². The van der Waals surface area contributed by atoms with E-state index in [4.69, 9.17) is 11.1 Å². The zero-order valence-corrected chi connectivity index (χ0v) is 8.33. The van der Waals surface area contributed by atoms with Crippen LogP contribution in [-0.2, 0) is 0 Å². The van der Waals surface area contributed by atoms with Crippen molar-refractivity contribution in [3.63, 3.8) is 0 Å². The van der Waals surface area contributed by atoms with Crippen LogP contribution in [0.4, 0.5) is 4.79 Å². The second-order valence-corrected chi connectivity index (χ2v) is 3.35. The largest absolute Gasteiger partial charge is 0.386 e. The van der Waals surface area contributed by atoms with Gasteiger partial charge in [-0.3, -0.25) is 5.41 Å². The lowest BCUT2D eigenvalue weighted by Gasteiger charge is -2.15. The number of azo groups is 1. The van der Waals surface area contributed by atoms with Gasteiger partial charge in [-0.25, -0.2) is 4.79 Å². The molecule has 0 fully saturated rings. The van der Waals surface area contributed by atoms with Crippen LogP contribution in [0.2, 0.25) is 0 Å². The third-order valence-corrected chi connectivity index (χ3v) is 1.43. The first kappa shape index (κ1) is 11.5.